The molecule has 62 heavy (non-hydrogen) atoms. The molecule has 5 amide bonds. The summed E-state index contributed by atoms with van der Waals surface area (Å²) in [7, 11) is 2.99. The van der Waals surface area contributed by atoms with Crippen LogP contribution in [-0.4, -0.2) is 62.8 Å². The van der Waals surface area contributed by atoms with Crippen molar-refractivity contribution < 1.29 is 42.9 Å². The number of benzene rings is 3. The van der Waals surface area contributed by atoms with E-state index in [-0.39, 0.29) is 32.1 Å². The number of esters is 1. The summed E-state index contributed by atoms with van der Waals surface area (Å²) in [5, 5.41) is 11.1. The van der Waals surface area contributed by atoms with Crippen LogP contribution in [0.5, 0.6) is 5.75 Å². The molecule has 14 nitrogen and oxygen atoms in total. The quantitative estimate of drug-likeness (QED) is 0.0354. The first-order chi connectivity index (χ1) is 29.8. The van der Waals surface area contributed by atoms with Gasteiger partial charge in [-0.05, 0) is 109 Å². The monoisotopic (exact) mass is 869 g/mol. The number of carbonyl (C=O) groups is 5. The first-order valence-electron chi connectivity index (χ1n) is 21.1. The number of alkyl carbamates (subject to hydrolysis) is 1. The van der Waals surface area contributed by atoms with Crippen molar-refractivity contribution in [3.05, 3.63) is 106 Å². The van der Waals surface area contributed by atoms with E-state index in [4.69, 9.17) is 36.3 Å². The largest absolute Gasteiger partial charge is 0.496 e. The van der Waals surface area contributed by atoms with E-state index in [0.29, 0.717) is 46.2 Å². The summed E-state index contributed by atoms with van der Waals surface area (Å²) < 4.78 is 22.6. The first-order valence-corrected chi connectivity index (χ1v) is 21.4. The Kier molecular flexibility index (Phi) is 15.5. The van der Waals surface area contributed by atoms with E-state index >= 15 is 0 Å². The predicted molar refractivity (Wildman–Crippen MR) is 235 cm³/mol. The molecule has 0 radical (unpaired) electrons. The number of methoxy groups -OCH3 is 2. The Morgan fingerprint density at radius 2 is 1.60 bits per heavy atom. The average molecular weight is 870 g/mol. The van der Waals surface area contributed by atoms with Crippen molar-refractivity contribution in [1.82, 2.24) is 16.0 Å². The molecule has 15 heteroatoms. The Bertz CT molecular complexity index is 2160. The highest BCUT2D eigenvalue weighted by Gasteiger charge is 2.52. The molecule has 0 aliphatic heterocycles. The van der Waals surface area contributed by atoms with Crippen molar-refractivity contribution in [2.75, 3.05) is 26.1 Å². The summed E-state index contributed by atoms with van der Waals surface area (Å²) >= 11 is 7.17. The van der Waals surface area contributed by atoms with Crippen molar-refractivity contribution in [2.24, 2.45) is 35.3 Å². The lowest BCUT2D eigenvalue weighted by atomic mass is 9.78. The van der Waals surface area contributed by atoms with Crippen LogP contribution in [0.3, 0.4) is 0 Å². The van der Waals surface area contributed by atoms with Crippen molar-refractivity contribution >= 4 is 59.0 Å². The Morgan fingerprint density at radius 3 is 2.27 bits per heavy atom. The number of rotatable bonds is 19. The maximum absolute atomic E-state index is 13.7. The zero-order valence-electron chi connectivity index (χ0n) is 35.5. The molecule has 0 saturated heterocycles. The number of hydrogen-bond acceptors (Lipinski definition) is 9. The maximum atomic E-state index is 13.7. The number of nitrogens with one attached hydrogen (secondary N) is 4. The molecule has 0 spiro atoms. The molecule has 4 bridgehead atoms. The molecule has 4 fully saturated rings. The minimum absolute atomic E-state index is 0.0210. The van der Waals surface area contributed by atoms with Crippen molar-refractivity contribution in [1.29, 1.82) is 0 Å². The minimum Gasteiger partial charge on any atom is -0.496 e. The van der Waals surface area contributed by atoms with Crippen molar-refractivity contribution in [3.8, 4) is 5.75 Å². The van der Waals surface area contributed by atoms with Gasteiger partial charge in [-0.25, -0.2) is 14.4 Å². The standard InChI is InChI=1S/C47H56ClN5O9/c1-27(2)41(53-47(58)62-26-28-9-6-5-7-10-28)45(56)52-37(11-8-20-50-46(49)57)44(55)51-34-16-12-29(13-17-34)25-61-42-31(15-19-38(54)59-3)14-18-35(40(42)48)43(60-4)39-33-22-30-21-32(24-33)36(39)23-30/h5-7,9-10,12-19,27,30,32-33,36-37,41H,8,11,20-26H2,1-4H3,(H,51,55)(H,52,56)(H,53,58)(H3,49,50,57)/b19-15+,43-39+. The minimum atomic E-state index is -1.03. The molecular weight excluding hydrogens is 814 g/mol. The number of anilines is 1. The van der Waals surface area contributed by atoms with E-state index in [1.165, 1.54) is 44.4 Å². The second-order valence-corrected chi connectivity index (χ2v) is 16.8. The summed E-state index contributed by atoms with van der Waals surface area (Å²) in [6.07, 6.45) is 7.45. The van der Waals surface area contributed by atoms with E-state index in [1.807, 2.05) is 42.5 Å². The van der Waals surface area contributed by atoms with Crippen LogP contribution in [0.4, 0.5) is 15.3 Å². The van der Waals surface area contributed by atoms with Crippen LogP contribution in [0.1, 0.15) is 74.6 Å². The number of nitrogens with two attached hydrogens (primary N) is 1. The number of amides is 5. The summed E-state index contributed by atoms with van der Waals surface area (Å²) in [4.78, 5) is 63.3. The van der Waals surface area contributed by atoms with Gasteiger partial charge in [-0.1, -0.05) is 74.0 Å². The molecule has 4 aliphatic rings. The van der Waals surface area contributed by atoms with E-state index < -0.39 is 42.0 Å². The van der Waals surface area contributed by atoms with Crippen LogP contribution < -0.4 is 31.7 Å². The summed E-state index contributed by atoms with van der Waals surface area (Å²) in [6.45, 7) is 3.83. The smallest absolute Gasteiger partial charge is 0.408 e. The van der Waals surface area contributed by atoms with Crippen LogP contribution in [-0.2, 0) is 41.8 Å². The summed E-state index contributed by atoms with van der Waals surface area (Å²) in [5.41, 5.74) is 9.90. The Balaban J connectivity index is 1.13. The van der Waals surface area contributed by atoms with Gasteiger partial charge in [0.1, 0.15) is 36.8 Å². The number of halogens is 1. The molecule has 330 valence electrons. The van der Waals surface area contributed by atoms with Crippen LogP contribution in [0.25, 0.3) is 11.8 Å². The Labute approximate surface area is 367 Å². The first kappa shape index (κ1) is 45.5. The number of primary amides is 1. The van der Waals surface area contributed by atoms with Gasteiger partial charge in [-0.3, -0.25) is 9.59 Å². The van der Waals surface area contributed by atoms with Gasteiger partial charge in [-0.2, -0.15) is 0 Å². The lowest BCUT2D eigenvalue weighted by Gasteiger charge is -2.29. The lowest BCUT2D eigenvalue weighted by Crippen LogP contribution is -2.54. The topological polar surface area (TPSA) is 196 Å². The molecule has 6 atom stereocenters. The Morgan fingerprint density at radius 1 is 0.855 bits per heavy atom. The number of ether oxygens (including phenoxy) is 4. The average Bonchev–Trinajstić information content (AvgIpc) is 3.68. The highest BCUT2D eigenvalue weighted by molar-refractivity contribution is 6.34. The lowest BCUT2D eigenvalue weighted by molar-refractivity contribution is -0.134. The molecule has 4 saturated carbocycles. The highest BCUT2D eigenvalue weighted by Crippen LogP contribution is 2.62. The van der Waals surface area contributed by atoms with Gasteiger partial charge in [0.2, 0.25) is 11.8 Å². The van der Waals surface area contributed by atoms with Gasteiger partial charge in [0.15, 0.2) is 0 Å². The van der Waals surface area contributed by atoms with Gasteiger partial charge in [0, 0.05) is 29.4 Å². The maximum Gasteiger partial charge on any atom is 0.408 e. The zero-order chi connectivity index (χ0) is 44.3. The van der Waals surface area contributed by atoms with E-state index in [1.54, 1.807) is 51.3 Å². The molecule has 4 aliphatic carbocycles. The fourth-order valence-electron chi connectivity index (χ4n) is 9.03. The molecule has 3 aromatic rings. The number of allylic oxidation sites excluding steroid dienone is 1. The van der Waals surface area contributed by atoms with Crippen LogP contribution in [0.15, 0.2) is 78.4 Å². The van der Waals surface area contributed by atoms with Crippen molar-refractivity contribution in [2.45, 2.75) is 77.7 Å². The molecule has 6 N–H and O–H groups in total. The number of carbonyl (C=O) groups excluding carboxylic acids is 5. The second-order valence-electron chi connectivity index (χ2n) is 16.5. The van der Waals surface area contributed by atoms with Gasteiger partial charge in [0.05, 0.1) is 19.2 Å². The SMILES string of the molecule is COC(=O)/C=C/c1ccc(/C(OC)=C2/C3CC4CC(C3)C2C4)c(Cl)c1OCc1ccc(NC(=O)C(CCCNC(N)=O)NC(=O)C(NC(=O)OCc2ccccc2)C(C)C)cc1. The molecule has 0 aromatic heterocycles. The van der Waals surface area contributed by atoms with Crippen molar-refractivity contribution in [3.63, 3.8) is 0 Å². The fourth-order valence-corrected chi connectivity index (χ4v) is 9.34. The van der Waals surface area contributed by atoms with Crippen LogP contribution >= 0.6 is 11.6 Å². The van der Waals surface area contributed by atoms with Gasteiger partial charge in [0.25, 0.3) is 0 Å². The van der Waals surface area contributed by atoms with Crippen LogP contribution in [0.2, 0.25) is 5.02 Å². The normalized spacial score (nSPS) is 20.3. The van der Waals surface area contributed by atoms with Gasteiger partial charge < -0.3 is 45.9 Å². The van der Waals surface area contributed by atoms with Gasteiger partial charge in [-0.15, -0.1) is 0 Å². The van der Waals surface area contributed by atoms with E-state index in [9.17, 15) is 24.0 Å². The predicted octanol–water partition coefficient (Wildman–Crippen LogP) is 7.35. The third-order valence-electron chi connectivity index (χ3n) is 11.9. The van der Waals surface area contributed by atoms with E-state index in [0.717, 1.165) is 28.4 Å². The fraction of sp³-hybridized carbons (Fsp3) is 0.426. The third kappa shape index (κ3) is 11.5. The Hall–Kier alpha value is -6.02. The number of urea groups is 1. The highest BCUT2D eigenvalue weighted by atomic mass is 35.5. The molecule has 7 rings (SSSR count). The van der Waals surface area contributed by atoms with Crippen LogP contribution in [0, 0.1) is 29.6 Å². The zero-order valence-corrected chi connectivity index (χ0v) is 36.3. The second kappa shape index (κ2) is 21.2. The summed E-state index contributed by atoms with van der Waals surface area (Å²) in [6, 6.07) is 17.1. The molecule has 6 unspecified atom stereocenters. The third-order valence-corrected chi connectivity index (χ3v) is 12.3. The molecular formula is C47H56ClN5O9. The molecule has 0 heterocycles. The van der Waals surface area contributed by atoms with Gasteiger partial charge >= 0.3 is 18.1 Å². The summed E-state index contributed by atoms with van der Waals surface area (Å²) in [5.74, 6) is 1.72. The number of hydrogen-bond donors (Lipinski definition) is 5. The van der Waals surface area contributed by atoms with E-state index in [2.05, 4.69) is 21.3 Å². The molecule has 3 aromatic carbocycles.